The zero-order valence-corrected chi connectivity index (χ0v) is 8.99. The van der Waals surface area contributed by atoms with Crippen molar-refractivity contribution in [3.05, 3.63) is 0 Å². The molecule has 0 radical (unpaired) electrons. The topological polar surface area (TPSA) is 43.7 Å². The van der Waals surface area contributed by atoms with Crippen LogP contribution in [0.25, 0.3) is 0 Å². The van der Waals surface area contributed by atoms with Crippen LogP contribution in [0, 0.1) is 0 Å². The maximum Gasteiger partial charge on any atom is 0.0558 e. The molecule has 1 saturated carbocycles. The SMILES string of the molecule is OCCN(CCO)C1CCCCCC1. The molecule has 0 aromatic carbocycles. The molecular formula is C11H23NO2. The highest BCUT2D eigenvalue weighted by Crippen LogP contribution is 2.21. The van der Waals surface area contributed by atoms with Crippen LogP contribution in [0.5, 0.6) is 0 Å². The van der Waals surface area contributed by atoms with E-state index in [0.29, 0.717) is 19.1 Å². The van der Waals surface area contributed by atoms with E-state index in [2.05, 4.69) is 4.90 Å². The first-order chi connectivity index (χ1) is 6.88. The summed E-state index contributed by atoms with van der Waals surface area (Å²) in [5.41, 5.74) is 0. The Hall–Kier alpha value is -0.120. The second kappa shape index (κ2) is 7.21. The van der Waals surface area contributed by atoms with Gasteiger partial charge >= 0.3 is 0 Å². The monoisotopic (exact) mass is 201 g/mol. The van der Waals surface area contributed by atoms with Gasteiger partial charge in [0.25, 0.3) is 0 Å². The molecular weight excluding hydrogens is 178 g/mol. The van der Waals surface area contributed by atoms with Crippen LogP contribution in [0.3, 0.4) is 0 Å². The molecule has 1 rings (SSSR count). The van der Waals surface area contributed by atoms with Crippen molar-refractivity contribution >= 4 is 0 Å². The van der Waals surface area contributed by atoms with E-state index in [1.807, 2.05) is 0 Å². The van der Waals surface area contributed by atoms with Crippen molar-refractivity contribution in [1.82, 2.24) is 4.90 Å². The number of rotatable bonds is 5. The van der Waals surface area contributed by atoms with Gasteiger partial charge in [-0.3, -0.25) is 4.90 Å². The van der Waals surface area contributed by atoms with Gasteiger partial charge in [0.05, 0.1) is 13.2 Å². The van der Waals surface area contributed by atoms with Crippen LogP contribution in [0.15, 0.2) is 0 Å². The predicted octanol–water partition coefficient (Wildman–Crippen LogP) is 0.996. The zero-order valence-electron chi connectivity index (χ0n) is 8.99. The summed E-state index contributed by atoms with van der Waals surface area (Å²) >= 11 is 0. The van der Waals surface area contributed by atoms with Gasteiger partial charge in [-0.05, 0) is 12.8 Å². The van der Waals surface area contributed by atoms with E-state index in [-0.39, 0.29) is 13.2 Å². The summed E-state index contributed by atoms with van der Waals surface area (Å²) < 4.78 is 0. The molecule has 1 fully saturated rings. The van der Waals surface area contributed by atoms with Crippen LogP contribution in [-0.2, 0) is 0 Å². The summed E-state index contributed by atoms with van der Waals surface area (Å²) in [4.78, 5) is 2.24. The largest absolute Gasteiger partial charge is 0.395 e. The number of hydrogen-bond donors (Lipinski definition) is 2. The first-order valence-corrected chi connectivity index (χ1v) is 5.84. The highest BCUT2D eigenvalue weighted by atomic mass is 16.3. The van der Waals surface area contributed by atoms with Gasteiger partial charge in [-0.25, -0.2) is 0 Å². The molecule has 3 heteroatoms. The second-order valence-corrected chi connectivity index (χ2v) is 4.13. The minimum Gasteiger partial charge on any atom is -0.395 e. The Balaban J connectivity index is 2.38. The van der Waals surface area contributed by atoms with Gasteiger partial charge in [0.1, 0.15) is 0 Å². The smallest absolute Gasteiger partial charge is 0.0558 e. The third-order valence-corrected chi connectivity index (χ3v) is 3.12. The van der Waals surface area contributed by atoms with E-state index >= 15 is 0 Å². The van der Waals surface area contributed by atoms with E-state index in [4.69, 9.17) is 10.2 Å². The van der Waals surface area contributed by atoms with E-state index in [1.165, 1.54) is 38.5 Å². The van der Waals surface area contributed by atoms with Crippen LogP contribution in [0.2, 0.25) is 0 Å². The highest BCUT2D eigenvalue weighted by molar-refractivity contribution is 4.74. The normalized spacial score (nSPS) is 19.9. The molecule has 0 aromatic heterocycles. The number of nitrogens with zero attached hydrogens (tertiary/aromatic N) is 1. The first-order valence-electron chi connectivity index (χ1n) is 5.84. The molecule has 0 atom stereocenters. The number of aliphatic hydroxyl groups is 2. The average Bonchev–Trinajstić information content (AvgIpc) is 2.45. The summed E-state index contributed by atoms with van der Waals surface area (Å²) in [6, 6.07) is 0.594. The van der Waals surface area contributed by atoms with Crippen LogP contribution >= 0.6 is 0 Å². The average molecular weight is 201 g/mol. The molecule has 0 heterocycles. The lowest BCUT2D eigenvalue weighted by Gasteiger charge is -2.29. The van der Waals surface area contributed by atoms with Crippen molar-refractivity contribution in [2.75, 3.05) is 26.3 Å². The Labute approximate surface area is 86.7 Å². The summed E-state index contributed by atoms with van der Waals surface area (Å²) in [5, 5.41) is 17.9. The van der Waals surface area contributed by atoms with Crippen molar-refractivity contribution in [3.8, 4) is 0 Å². The van der Waals surface area contributed by atoms with Gasteiger partial charge in [-0.15, -0.1) is 0 Å². The number of hydrogen-bond acceptors (Lipinski definition) is 3. The predicted molar refractivity (Wildman–Crippen MR) is 57.2 cm³/mol. The molecule has 0 aliphatic heterocycles. The van der Waals surface area contributed by atoms with Crippen molar-refractivity contribution in [2.24, 2.45) is 0 Å². The number of aliphatic hydroxyl groups excluding tert-OH is 2. The van der Waals surface area contributed by atoms with Gasteiger partial charge in [-0.2, -0.15) is 0 Å². The molecule has 0 spiro atoms. The van der Waals surface area contributed by atoms with E-state index in [1.54, 1.807) is 0 Å². The Morgan fingerprint density at radius 3 is 1.79 bits per heavy atom. The van der Waals surface area contributed by atoms with E-state index < -0.39 is 0 Å². The molecule has 0 bridgehead atoms. The third kappa shape index (κ3) is 3.95. The standard InChI is InChI=1S/C11H23NO2/c13-9-7-12(8-10-14)11-5-3-1-2-4-6-11/h11,13-14H,1-10H2. The highest BCUT2D eigenvalue weighted by Gasteiger charge is 2.18. The maximum absolute atomic E-state index is 8.94. The molecule has 0 saturated heterocycles. The minimum absolute atomic E-state index is 0.205. The Kier molecular flexibility index (Phi) is 6.15. The van der Waals surface area contributed by atoms with Crippen LogP contribution in [0.1, 0.15) is 38.5 Å². The van der Waals surface area contributed by atoms with Crippen molar-refractivity contribution in [1.29, 1.82) is 0 Å². The van der Waals surface area contributed by atoms with Crippen molar-refractivity contribution < 1.29 is 10.2 Å². The fourth-order valence-corrected chi connectivity index (χ4v) is 2.36. The van der Waals surface area contributed by atoms with E-state index in [0.717, 1.165) is 0 Å². The van der Waals surface area contributed by atoms with Gasteiger partial charge < -0.3 is 10.2 Å². The lowest BCUT2D eigenvalue weighted by Crippen LogP contribution is -2.39. The van der Waals surface area contributed by atoms with Crippen LogP contribution in [-0.4, -0.2) is 47.5 Å². The lowest BCUT2D eigenvalue weighted by molar-refractivity contribution is 0.113. The van der Waals surface area contributed by atoms with Gasteiger partial charge in [-0.1, -0.05) is 25.7 Å². The zero-order chi connectivity index (χ0) is 10.2. The first kappa shape index (κ1) is 12.0. The summed E-state index contributed by atoms with van der Waals surface area (Å²) in [6.07, 6.45) is 7.78. The lowest BCUT2D eigenvalue weighted by atomic mass is 10.1. The molecule has 14 heavy (non-hydrogen) atoms. The fourth-order valence-electron chi connectivity index (χ4n) is 2.36. The molecule has 0 unspecified atom stereocenters. The third-order valence-electron chi connectivity index (χ3n) is 3.12. The molecule has 0 amide bonds. The molecule has 2 N–H and O–H groups in total. The summed E-state index contributed by atoms with van der Waals surface area (Å²) in [6.45, 7) is 1.84. The molecule has 0 aromatic rings. The van der Waals surface area contributed by atoms with Crippen LogP contribution in [0.4, 0.5) is 0 Å². The summed E-state index contributed by atoms with van der Waals surface area (Å²) in [7, 11) is 0. The van der Waals surface area contributed by atoms with Gasteiger partial charge in [0.15, 0.2) is 0 Å². The minimum atomic E-state index is 0.205. The Bertz CT molecular complexity index is 127. The fraction of sp³-hybridized carbons (Fsp3) is 1.00. The Morgan fingerprint density at radius 2 is 1.36 bits per heavy atom. The second-order valence-electron chi connectivity index (χ2n) is 4.13. The van der Waals surface area contributed by atoms with Crippen LogP contribution < -0.4 is 0 Å². The summed E-state index contributed by atoms with van der Waals surface area (Å²) in [5.74, 6) is 0. The van der Waals surface area contributed by atoms with Crippen molar-refractivity contribution in [2.45, 2.75) is 44.6 Å². The Morgan fingerprint density at radius 1 is 0.857 bits per heavy atom. The maximum atomic E-state index is 8.94. The molecule has 84 valence electrons. The molecule has 1 aliphatic carbocycles. The van der Waals surface area contributed by atoms with E-state index in [9.17, 15) is 0 Å². The van der Waals surface area contributed by atoms with Crippen molar-refractivity contribution in [3.63, 3.8) is 0 Å². The van der Waals surface area contributed by atoms with Gasteiger partial charge in [0.2, 0.25) is 0 Å². The quantitative estimate of drug-likeness (QED) is 0.652. The van der Waals surface area contributed by atoms with Gasteiger partial charge in [0, 0.05) is 19.1 Å². The molecule has 1 aliphatic rings. The molecule has 3 nitrogen and oxygen atoms in total.